The third kappa shape index (κ3) is 2.31. The van der Waals surface area contributed by atoms with Gasteiger partial charge in [0.2, 0.25) is 5.91 Å². The molecular weight excluding hydrogens is 316 g/mol. The highest BCUT2D eigenvalue weighted by Gasteiger charge is 2.55. The number of cyclic esters (lactones) is 1. The molecule has 118 valence electrons. The Kier molecular flexibility index (Phi) is 3.37. The molecule has 23 heavy (non-hydrogen) atoms. The summed E-state index contributed by atoms with van der Waals surface area (Å²) in [5.74, 6) is -0.216. The third-order valence-corrected chi connectivity index (χ3v) is 5.48. The molecule has 0 unspecified atom stereocenters. The zero-order valence-electron chi connectivity index (χ0n) is 12.2. The molecule has 1 saturated heterocycles. The van der Waals surface area contributed by atoms with Gasteiger partial charge in [0.1, 0.15) is 23.7 Å². The SMILES string of the molecule is O=C(Cc1ccccc1)N[C@@H]1C(=O)N2C3=C(COC3=O)CS[C@H]12. The van der Waals surface area contributed by atoms with E-state index in [0.29, 0.717) is 11.4 Å². The number of β-lactam (4-membered cyclic amide) rings is 1. The number of thioether (sulfide) groups is 1. The minimum Gasteiger partial charge on any atom is -0.456 e. The fourth-order valence-corrected chi connectivity index (χ4v) is 4.34. The summed E-state index contributed by atoms with van der Waals surface area (Å²) in [6.45, 7) is 0.267. The fourth-order valence-electron chi connectivity index (χ4n) is 3.01. The first-order chi connectivity index (χ1) is 11.1. The van der Waals surface area contributed by atoms with Gasteiger partial charge in [-0.1, -0.05) is 30.3 Å². The Morgan fingerprint density at radius 2 is 2.09 bits per heavy atom. The summed E-state index contributed by atoms with van der Waals surface area (Å²) in [5, 5.41) is 2.57. The van der Waals surface area contributed by atoms with Gasteiger partial charge in [-0.2, -0.15) is 0 Å². The summed E-state index contributed by atoms with van der Waals surface area (Å²) in [4.78, 5) is 37.7. The van der Waals surface area contributed by atoms with Crippen molar-refractivity contribution >= 4 is 29.5 Å². The Hall–Kier alpha value is -2.28. The van der Waals surface area contributed by atoms with Crippen molar-refractivity contribution in [2.24, 2.45) is 0 Å². The lowest BCUT2D eigenvalue weighted by molar-refractivity contribution is -0.150. The van der Waals surface area contributed by atoms with E-state index in [1.807, 2.05) is 30.3 Å². The van der Waals surface area contributed by atoms with Crippen molar-refractivity contribution in [3.05, 3.63) is 47.2 Å². The second kappa shape index (κ2) is 5.42. The summed E-state index contributed by atoms with van der Waals surface area (Å²) in [6, 6.07) is 8.80. The standard InChI is InChI=1S/C16H14N2O4S/c19-11(6-9-4-2-1-3-5-9)17-12-14(20)18-13-10(7-22-16(13)21)8-23-15(12)18/h1-5,12,15H,6-8H2,(H,17,19)/t12-,15-/m1/s1. The second-order valence-electron chi connectivity index (χ2n) is 5.65. The number of nitrogens with one attached hydrogen (secondary N) is 1. The van der Waals surface area contributed by atoms with Crippen LogP contribution in [0.5, 0.6) is 0 Å². The molecule has 1 aromatic rings. The number of ether oxygens (including phenoxy) is 1. The van der Waals surface area contributed by atoms with E-state index in [1.54, 1.807) is 11.8 Å². The van der Waals surface area contributed by atoms with Crippen LogP contribution in [0, 0.1) is 0 Å². The van der Waals surface area contributed by atoms with Gasteiger partial charge in [0.15, 0.2) is 0 Å². The molecule has 1 aromatic carbocycles. The summed E-state index contributed by atoms with van der Waals surface area (Å²) in [5.41, 5.74) is 2.14. The van der Waals surface area contributed by atoms with Crippen molar-refractivity contribution in [2.75, 3.05) is 12.4 Å². The maximum absolute atomic E-state index is 12.3. The molecule has 0 aromatic heterocycles. The maximum Gasteiger partial charge on any atom is 0.355 e. The molecule has 0 spiro atoms. The average molecular weight is 330 g/mol. The van der Waals surface area contributed by atoms with Crippen LogP contribution in [-0.4, -0.2) is 46.5 Å². The predicted molar refractivity (Wildman–Crippen MR) is 83.2 cm³/mol. The average Bonchev–Trinajstić information content (AvgIpc) is 2.93. The van der Waals surface area contributed by atoms with Gasteiger partial charge in [-0.25, -0.2) is 4.79 Å². The van der Waals surface area contributed by atoms with E-state index < -0.39 is 12.0 Å². The van der Waals surface area contributed by atoms with Gasteiger partial charge in [0.25, 0.3) is 5.91 Å². The molecule has 0 aliphatic carbocycles. The van der Waals surface area contributed by atoms with Crippen LogP contribution in [0.3, 0.4) is 0 Å². The number of carbonyl (C=O) groups excluding carboxylic acids is 3. The lowest BCUT2D eigenvalue weighted by atomic mass is 10.0. The van der Waals surface area contributed by atoms with Crippen LogP contribution in [0.15, 0.2) is 41.6 Å². The van der Waals surface area contributed by atoms with Crippen LogP contribution in [0.25, 0.3) is 0 Å². The van der Waals surface area contributed by atoms with Gasteiger partial charge >= 0.3 is 5.97 Å². The summed E-state index contributed by atoms with van der Waals surface area (Å²) in [7, 11) is 0. The second-order valence-corrected chi connectivity index (χ2v) is 6.75. The molecular formula is C16H14N2O4S. The lowest BCUT2D eigenvalue weighted by Crippen LogP contribution is -2.70. The number of carbonyl (C=O) groups is 3. The van der Waals surface area contributed by atoms with Crippen molar-refractivity contribution in [1.82, 2.24) is 10.2 Å². The zero-order chi connectivity index (χ0) is 16.0. The first-order valence-electron chi connectivity index (χ1n) is 7.32. The van der Waals surface area contributed by atoms with E-state index >= 15 is 0 Å². The maximum atomic E-state index is 12.3. The third-order valence-electron chi connectivity index (χ3n) is 4.14. The van der Waals surface area contributed by atoms with Crippen LogP contribution in [0.4, 0.5) is 0 Å². The highest BCUT2D eigenvalue weighted by molar-refractivity contribution is 8.00. The van der Waals surface area contributed by atoms with Gasteiger partial charge in [-0.3, -0.25) is 14.5 Å². The minimum atomic E-state index is -0.571. The quantitative estimate of drug-likeness (QED) is 0.643. The largest absolute Gasteiger partial charge is 0.456 e. The van der Waals surface area contributed by atoms with Gasteiger partial charge in [0.05, 0.1) is 6.42 Å². The number of nitrogens with zero attached hydrogens (tertiary/aromatic N) is 1. The van der Waals surface area contributed by atoms with Gasteiger partial charge in [-0.15, -0.1) is 11.8 Å². The van der Waals surface area contributed by atoms with E-state index in [-0.39, 0.29) is 30.2 Å². The highest BCUT2D eigenvalue weighted by atomic mass is 32.2. The molecule has 6 nitrogen and oxygen atoms in total. The zero-order valence-corrected chi connectivity index (χ0v) is 13.0. The normalized spacial score (nSPS) is 25.5. The molecule has 2 atom stereocenters. The summed E-state index contributed by atoms with van der Waals surface area (Å²) >= 11 is 1.55. The van der Waals surface area contributed by atoms with E-state index in [1.165, 1.54) is 4.90 Å². The van der Waals surface area contributed by atoms with Crippen LogP contribution in [0.2, 0.25) is 0 Å². The first kappa shape index (κ1) is 14.3. The molecule has 3 aliphatic rings. The molecule has 2 amide bonds. The molecule has 7 heteroatoms. The number of fused-ring (bicyclic) bond motifs is 2. The summed E-state index contributed by atoms with van der Waals surface area (Å²) < 4.78 is 4.99. The topological polar surface area (TPSA) is 75.7 Å². The van der Waals surface area contributed by atoms with Crippen LogP contribution >= 0.6 is 11.8 Å². The Morgan fingerprint density at radius 1 is 1.30 bits per heavy atom. The Labute approximate surface area is 136 Å². The van der Waals surface area contributed by atoms with Crippen LogP contribution < -0.4 is 5.32 Å². The van der Waals surface area contributed by atoms with Gasteiger partial charge in [-0.05, 0) is 5.56 Å². The summed E-state index contributed by atoms with van der Waals surface area (Å²) in [6.07, 6.45) is 0.234. The smallest absolute Gasteiger partial charge is 0.355 e. The van der Waals surface area contributed by atoms with Crippen LogP contribution in [0.1, 0.15) is 5.56 Å². The van der Waals surface area contributed by atoms with E-state index in [4.69, 9.17) is 4.74 Å². The van der Waals surface area contributed by atoms with E-state index in [0.717, 1.165) is 11.1 Å². The molecule has 4 rings (SSSR count). The molecule has 3 heterocycles. The Bertz CT molecular complexity index is 731. The van der Waals surface area contributed by atoms with Crippen molar-refractivity contribution in [3.8, 4) is 0 Å². The number of hydrogen-bond acceptors (Lipinski definition) is 5. The molecule has 0 radical (unpaired) electrons. The number of benzene rings is 1. The van der Waals surface area contributed by atoms with Crippen molar-refractivity contribution in [3.63, 3.8) is 0 Å². The minimum absolute atomic E-state index is 0.191. The van der Waals surface area contributed by atoms with Crippen molar-refractivity contribution < 1.29 is 19.1 Å². The number of amides is 2. The molecule has 1 fully saturated rings. The van der Waals surface area contributed by atoms with Gasteiger partial charge in [0, 0.05) is 11.3 Å². The predicted octanol–water partition coefficient (Wildman–Crippen LogP) is 0.440. The van der Waals surface area contributed by atoms with Crippen molar-refractivity contribution in [1.29, 1.82) is 0 Å². The Morgan fingerprint density at radius 3 is 2.87 bits per heavy atom. The monoisotopic (exact) mass is 330 g/mol. The molecule has 1 N–H and O–H groups in total. The molecule has 3 aliphatic heterocycles. The lowest BCUT2D eigenvalue weighted by Gasteiger charge is -2.48. The van der Waals surface area contributed by atoms with Crippen molar-refractivity contribution in [2.45, 2.75) is 17.8 Å². The first-order valence-corrected chi connectivity index (χ1v) is 8.37. The fraction of sp³-hybridized carbons (Fsp3) is 0.312. The number of hydrogen-bond donors (Lipinski definition) is 1. The highest BCUT2D eigenvalue weighted by Crippen LogP contribution is 2.42. The Balaban J connectivity index is 1.44. The number of rotatable bonds is 3. The molecule has 0 bridgehead atoms. The van der Waals surface area contributed by atoms with E-state index in [9.17, 15) is 14.4 Å². The van der Waals surface area contributed by atoms with Gasteiger partial charge < -0.3 is 10.1 Å². The van der Waals surface area contributed by atoms with Crippen LogP contribution in [-0.2, 0) is 25.5 Å². The number of esters is 1. The van der Waals surface area contributed by atoms with E-state index in [2.05, 4.69) is 5.32 Å². The molecule has 0 saturated carbocycles.